The minimum absolute atomic E-state index is 0.606. The van der Waals surface area contributed by atoms with Crippen molar-refractivity contribution in [1.29, 1.82) is 0 Å². The number of fused-ring (bicyclic) bond motifs is 14. The first-order valence-corrected chi connectivity index (χ1v) is 24.7. The monoisotopic (exact) mass is 844 g/mol. The lowest BCUT2D eigenvalue weighted by Crippen LogP contribution is -2.32. The van der Waals surface area contributed by atoms with Crippen LogP contribution in [0.4, 0.5) is 0 Å². The molecule has 1 aliphatic carbocycles. The number of hydrogen-bond donors (Lipinski definition) is 0. The Kier molecular flexibility index (Phi) is 7.77. The SMILES string of the molecule is CP(C)(=O)c1cccc(-c2c3ccccc3c(-c3nc(-c4ccc5c(c4)C4(c6ccccc6O5)c5ccccc5-c5ccccc54)c4sc5ccccc5c4n3)c3ccccc23)c1. The quantitative estimate of drug-likeness (QED) is 0.131. The minimum atomic E-state index is -2.51. The summed E-state index contributed by atoms with van der Waals surface area (Å²) in [6.45, 7) is 3.68. The summed E-state index contributed by atoms with van der Waals surface area (Å²) in [4.78, 5) is 11.3. The summed E-state index contributed by atoms with van der Waals surface area (Å²) in [6.07, 6.45) is 0. The third kappa shape index (κ3) is 5.18. The van der Waals surface area contributed by atoms with Crippen molar-refractivity contribution < 1.29 is 9.30 Å². The van der Waals surface area contributed by atoms with Crippen LogP contribution in [0.15, 0.2) is 188 Å². The van der Waals surface area contributed by atoms with E-state index < -0.39 is 12.6 Å². The fraction of sp³-hybridized carbons (Fsp3) is 0.0526. The molecular formula is C57H37N2O2PS. The van der Waals surface area contributed by atoms with E-state index >= 15 is 0 Å². The van der Waals surface area contributed by atoms with Crippen LogP contribution in [-0.2, 0) is 9.98 Å². The second-order valence-corrected chi connectivity index (χ2v) is 21.3. The van der Waals surface area contributed by atoms with Gasteiger partial charge >= 0.3 is 0 Å². The number of hydrogen-bond acceptors (Lipinski definition) is 5. The molecule has 13 rings (SSSR count). The van der Waals surface area contributed by atoms with Crippen molar-refractivity contribution in [3.63, 3.8) is 0 Å². The van der Waals surface area contributed by atoms with Crippen molar-refractivity contribution in [3.8, 4) is 56.4 Å². The highest BCUT2D eigenvalue weighted by atomic mass is 32.1. The summed E-state index contributed by atoms with van der Waals surface area (Å²) >= 11 is 1.74. The van der Waals surface area contributed by atoms with Crippen LogP contribution in [0, 0.1) is 0 Å². The van der Waals surface area contributed by atoms with E-state index in [9.17, 15) is 4.57 Å². The molecule has 0 fully saturated rings. The molecule has 0 N–H and O–H groups in total. The second kappa shape index (κ2) is 13.4. The highest BCUT2D eigenvalue weighted by Crippen LogP contribution is 2.62. The van der Waals surface area contributed by atoms with Crippen LogP contribution in [0.3, 0.4) is 0 Å². The van der Waals surface area contributed by atoms with Gasteiger partial charge in [-0.3, -0.25) is 0 Å². The molecule has 9 aromatic carbocycles. The predicted molar refractivity (Wildman–Crippen MR) is 263 cm³/mol. The topological polar surface area (TPSA) is 52.1 Å². The van der Waals surface area contributed by atoms with Crippen molar-refractivity contribution in [3.05, 3.63) is 210 Å². The summed E-state index contributed by atoms with van der Waals surface area (Å²) < 4.78 is 22.4. The maximum absolute atomic E-state index is 13.4. The Bertz CT molecular complexity index is 3700. The molecule has 3 heterocycles. The maximum atomic E-state index is 13.4. The smallest absolute Gasteiger partial charge is 0.161 e. The highest BCUT2D eigenvalue weighted by Gasteiger charge is 2.51. The zero-order valence-electron chi connectivity index (χ0n) is 34.5. The molecule has 298 valence electrons. The van der Waals surface area contributed by atoms with Gasteiger partial charge < -0.3 is 9.30 Å². The zero-order chi connectivity index (χ0) is 42.0. The second-order valence-electron chi connectivity index (χ2n) is 17.1. The molecule has 11 aromatic rings. The minimum Gasteiger partial charge on any atom is -0.457 e. The van der Waals surface area contributed by atoms with Gasteiger partial charge in [-0.25, -0.2) is 9.97 Å². The predicted octanol–water partition coefficient (Wildman–Crippen LogP) is 14.9. The summed E-state index contributed by atoms with van der Waals surface area (Å²) in [5, 5.41) is 6.29. The van der Waals surface area contributed by atoms with E-state index in [0.717, 1.165) is 93.0 Å². The average Bonchev–Trinajstić information content (AvgIpc) is 3.84. The van der Waals surface area contributed by atoms with Crippen molar-refractivity contribution in [1.82, 2.24) is 9.97 Å². The number of nitrogens with zero attached hydrogens (tertiary/aromatic N) is 2. The Morgan fingerprint density at radius 3 is 1.75 bits per heavy atom. The average molecular weight is 845 g/mol. The molecule has 2 aliphatic rings. The van der Waals surface area contributed by atoms with Gasteiger partial charge in [-0.15, -0.1) is 11.3 Å². The Labute approximate surface area is 368 Å². The van der Waals surface area contributed by atoms with Crippen LogP contribution in [0.5, 0.6) is 11.5 Å². The molecule has 6 heteroatoms. The lowest BCUT2D eigenvalue weighted by Gasteiger charge is -2.39. The number of benzene rings is 9. The van der Waals surface area contributed by atoms with Crippen LogP contribution in [0.2, 0.25) is 0 Å². The van der Waals surface area contributed by atoms with Gasteiger partial charge in [-0.2, -0.15) is 0 Å². The van der Waals surface area contributed by atoms with Crippen molar-refractivity contribution >= 4 is 65.6 Å². The molecule has 63 heavy (non-hydrogen) atoms. The van der Waals surface area contributed by atoms with Gasteiger partial charge in [0, 0.05) is 37.6 Å². The van der Waals surface area contributed by atoms with Gasteiger partial charge in [0.2, 0.25) is 0 Å². The molecule has 0 saturated carbocycles. The number of aromatic nitrogens is 2. The third-order valence-corrected chi connectivity index (χ3v) is 15.9. The highest BCUT2D eigenvalue weighted by molar-refractivity contribution is 7.70. The number of ether oxygens (including phenoxy) is 1. The normalized spacial score (nSPS) is 13.6. The molecule has 0 unspecified atom stereocenters. The van der Waals surface area contributed by atoms with Crippen molar-refractivity contribution in [2.45, 2.75) is 5.41 Å². The van der Waals surface area contributed by atoms with Gasteiger partial charge in [0.15, 0.2) is 5.82 Å². The van der Waals surface area contributed by atoms with E-state index in [4.69, 9.17) is 14.7 Å². The molecule has 0 atom stereocenters. The van der Waals surface area contributed by atoms with Gasteiger partial charge in [0.05, 0.1) is 21.3 Å². The molecule has 0 bridgehead atoms. The number of thiophene rings is 1. The first kappa shape index (κ1) is 36.5. The van der Waals surface area contributed by atoms with E-state index in [0.29, 0.717) is 5.82 Å². The lowest BCUT2D eigenvalue weighted by atomic mass is 9.66. The molecule has 0 saturated heterocycles. The Hall–Kier alpha value is -7.17. The van der Waals surface area contributed by atoms with E-state index in [2.05, 4.69) is 176 Å². The van der Waals surface area contributed by atoms with Gasteiger partial charge in [0.1, 0.15) is 18.6 Å². The molecule has 1 spiro atoms. The Morgan fingerprint density at radius 2 is 1.06 bits per heavy atom. The van der Waals surface area contributed by atoms with Gasteiger partial charge in [-0.05, 0) is 105 Å². The summed E-state index contributed by atoms with van der Waals surface area (Å²) in [6, 6.07) is 66.9. The lowest BCUT2D eigenvalue weighted by molar-refractivity contribution is 0.436. The molecule has 1 aliphatic heterocycles. The number of para-hydroxylation sites is 1. The van der Waals surface area contributed by atoms with E-state index in [1.807, 2.05) is 25.5 Å². The zero-order valence-corrected chi connectivity index (χ0v) is 36.2. The maximum Gasteiger partial charge on any atom is 0.161 e. The Morgan fingerprint density at radius 1 is 0.492 bits per heavy atom. The van der Waals surface area contributed by atoms with Crippen LogP contribution >= 0.6 is 18.5 Å². The van der Waals surface area contributed by atoms with Crippen LogP contribution in [0.1, 0.15) is 22.3 Å². The van der Waals surface area contributed by atoms with Crippen LogP contribution < -0.4 is 10.0 Å². The first-order valence-electron chi connectivity index (χ1n) is 21.3. The number of rotatable bonds is 4. The van der Waals surface area contributed by atoms with Gasteiger partial charge in [-0.1, -0.05) is 152 Å². The van der Waals surface area contributed by atoms with E-state index in [1.54, 1.807) is 11.3 Å². The molecule has 4 nitrogen and oxygen atoms in total. The third-order valence-electron chi connectivity index (χ3n) is 13.3. The molecule has 0 amide bonds. The van der Waals surface area contributed by atoms with Crippen molar-refractivity contribution in [2.75, 3.05) is 13.3 Å². The van der Waals surface area contributed by atoms with Crippen LogP contribution in [0.25, 0.3) is 86.7 Å². The molecular weight excluding hydrogens is 808 g/mol. The summed E-state index contributed by atoms with van der Waals surface area (Å²) in [5.74, 6) is 2.38. The molecule has 0 radical (unpaired) electrons. The first-order chi connectivity index (χ1) is 30.9. The largest absolute Gasteiger partial charge is 0.457 e. The summed E-state index contributed by atoms with van der Waals surface area (Å²) in [5.41, 5.74) is 12.6. The van der Waals surface area contributed by atoms with E-state index in [1.165, 1.54) is 27.0 Å². The molecule has 2 aromatic heterocycles. The standard InChI is InChI=1S/C57H37N2O2PS/c1-62(2,60)36-17-15-16-34(32-36)51-39-20-3-5-22-41(39)52(42-23-6-4-21-40(42)51)56-58-53(55-54(59-56)43-24-9-14-29-50(43)63-55)35-30-31-49-47(33-35)57(46-27-12-13-28-48(46)61-49)44-25-10-7-18-37(44)38-19-8-11-26-45(38)57/h3-33H,1-2H3. The fourth-order valence-electron chi connectivity index (χ4n) is 10.6. The van der Waals surface area contributed by atoms with Gasteiger partial charge in [0.25, 0.3) is 0 Å². The van der Waals surface area contributed by atoms with Crippen molar-refractivity contribution in [2.24, 2.45) is 0 Å². The Balaban J connectivity index is 1.11. The van der Waals surface area contributed by atoms with E-state index in [-0.39, 0.29) is 0 Å². The van der Waals surface area contributed by atoms with Crippen LogP contribution in [-0.4, -0.2) is 23.3 Å². The summed E-state index contributed by atoms with van der Waals surface area (Å²) in [7, 11) is -2.51. The fourth-order valence-corrected chi connectivity index (χ4v) is 12.6.